The molecule has 4 nitrogen and oxygen atoms in total. The van der Waals surface area contributed by atoms with Crippen molar-refractivity contribution >= 4 is 16.9 Å². The lowest BCUT2D eigenvalue weighted by Gasteiger charge is -2.09. The number of fused-ring (bicyclic) bond motifs is 1. The molecule has 24 heavy (non-hydrogen) atoms. The number of benzene rings is 2. The molecule has 0 aliphatic rings. The molecule has 124 valence electrons. The van der Waals surface area contributed by atoms with Crippen LogP contribution >= 0.6 is 0 Å². The Morgan fingerprint density at radius 2 is 1.92 bits per heavy atom. The number of aryl methyl sites for hydroxylation is 1. The van der Waals surface area contributed by atoms with Crippen LogP contribution in [0.2, 0.25) is 0 Å². The lowest BCUT2D eigenvalue weighted by Crippen LogP contribution is -2.06. The number of esters is 1. The van der Waals surface area contributed by atoms with Gasteiger partial charge in [-0.1, -0.05) is 6.07 Å². The minimum Gasteiger partial charge on any atom is -0.465 e. The van der Waals surface area contributed by atoms with Crippen molar-refractivity contribution in [2.24, 2.45) is 0 Å². The molecule has 0 unspecified atom stereocenters. The van der Waals surface area contributed by atoms with E-state index in [9.17, 15) is 18.0 Å². The first-order chi connectivity index (χ1) is 11.3. The maximum absolute atomic E-state index is 12.9. The third-order valence-corrected chi connectivity index (χ3v) is 3.70. The SMILES string of the molecule is COC(=O)c1ccc2c(c1)c(C)nn2-c1cccc(C(F)(F)F)c1. The third-order valence-electron chi connectivity index (χ3n) is 3.70. The summed E-state index contributed by atoms with van der Waals surface area (Å²) < 4.78 is 44.8. The first kappa shape index (κ1) is 16.0. The molecule has 0 aliphatic carbocycles. The lowest BCUT2D eigenvalue weighted by molar-refractivity contribution is -0.137. The highest BCUT2D eigenvalue weighted by Gasteiger charge is 2.30. The molecule has 0 fully saturated rings. The zero-order chi connectivity index (χ0) is 17.5. The van der Waals surface area contributed by atoms with Gasteiger partial charge >= 0.3 is 12.1 Å². The predicted octanol–water partition coefficient (Wildman–Crippen LogP) is 4.14. The fourth-order valence-electron chi connectivity index (χ4n) is 2.52. The number of ether oxygens (including phenoxy) is 1. The molecule has 0 N–H and O–H groups in total. The second kappa shape index (κ2) is 5.67. The average molecular weight is 334 g/mol. The number of methoxy groups -OCH3 is 1. The van der Waals surface area contributed by atoms with Crippen molar-refractivity contribution in [3.8, 4) is 5.69 Å². The second-order valence-corrected chi connectivity index (χ2v) is 5.27. The van der Waals surface area contributed by atoms with Crippen LogP contribution in [0, 0.1) is 6.92 Å². The Labute approximate surface area is 135 Å². The van der Waals surface area contributed by atoms with Crippen LogP contribution in [0.25, 0.3) is 16.6 Å². The molecular weight excluding hydrogens is 321 g/mol. The predicted molar refractivity (Wildman–Crippen MR) is 82.1 cm³/mol. The zero-order valence-corrected chi connectivity index (χ0v) is 12.9. The molecule has 0 bridgehead atoms. The molecule has 0 radical (unpaired) electrons. The Balaban J connectivity index is 2.16. The van der Waals surface area contributed by atoms with Gasteiger partial charge in [0.05, 0.1) is 35.1 Å². The van der Waals surface area contributed by atoms with Gasteiger partial charge in [0.15, 0.2) is 0 Å². The summed E-state index contributed by atoms with van der Waals surface area (Å²) in [4.78, 5) is 11.6. The first-order valence-corrected chi connectivity index (χ1v) is 7.06. The van der Waals surface area contributed by atoms with Crippen molar-refractivity contribution in [1.29, 1.82) is 0 Å². The highest BCUT2D eigenvalue weighted by Crippen LogP contribution is 2.31. The van der Waals surface area contributed by atoms with Crippen molar-refractivity contribution < 1.29 is 22.7 Å². The van der Waals surface area contributed by atoms with E-state index in [1.807, 2.05) is 0 Å². The minimum atomic E-state index is -4.42. The van der Waals surface area contributed by atoms with Gasteiger partial charge in [0.2, 0.25) is 0 Å². The van der Waals surface area contributed by atoms with E-state index in [0.717, 1.165) is 12.1 Å². The summed E-state index contributed by atoms with van der Waals surface area (Å²) in [6, 6.07) is 9.76. The quantitative estimate of drug-likeness (QED) is 0.662. The molecule has 0 aliphatic heterocycles. The van der Waals surface area contributed by atoms with Crippen LogP contribution in [0.4, 0.5) is 13.2 Å². The van der Waals surface area contributed by atoms with Crippen LogP contribution in [-0.4, -0.2) is 22.9 Å². The topological polar surface area (TPSA) is 44.1 Å². The Bertz CT molecular complexity index is 929. The van der Waals surface area contributed by atoms with E-state index in [-0.39, 0.29) is 0 Å². The molecule has 0 saturated heterocycles. The van der Waals surface area contributed by atoms with E-state index >= 15 is 0 Å². The largest absolute Gasteiger partial charge is 0.465 e. The van der Waals surface area contributed by atoms with E-state index in [1.165, 1.54) is 17.9 Å². The van der Waals surface area contributed by atoms with E-state index < -0.39 is 17.7 Å². The molecule has 1 heterocycles. The maximum atomic E-state index is 12.9. The number of rotatable bonds is 2. The second-order valence-electron chi connectivity index (χ2n) is 5.27. The highest BCUT2D eigenvalue weighted by molar-refractivity contribution is 5.95. The van der Waals surface area contributed by atoms with E-state index in [2.05, 4.69) is 9.84 Å². The van der Waals surface area contributed by atoms with E-state index in [0.29, 0.717) is 27.8 Å². The molecule has 0 amide bonds. The standard InChI is InChI=1S/C17H13F3N2O2/c1-10-14-8-11(16(23)24-2)6-7-15(14)22(21-10)13-5-3-4-12(9-13)17(18,19)20/h3-9H,1-2H3. The summed E-state index contributed by atoms with van der Waals surface area (Å²) in [6.45, 7) is 1.73. The summed E-state index contributed by atoms with van der Waals surface area (Å²) in [5.74, 6) is -0.483. The summed E-state index contributed by atoms with van der Waals surface area (Å²) >= 11 is 0. The number of hydrogen-bond acceptors (Lipinski definition) is 3. The number of nitrogens with zero attached hydrogens (tertiary/aromatic N) is 2. The van der Waals surface area contributed by atoms with Gasteiger partial charge < -0.3 is 4.74 Å². The molecule has 3 rings (SSSR count). The van der Waals surface area contributed by atoms with Crippen LogP contribution in [0.5, 0.6) is 0 Å². The number of halogens is 3. The Kier molecular flexibility index (Phi) is 3.79. The molecule has 7 heteroatoms. The van der Waals surface area contributed by atoms with Gasteiger partial charge in [0, 0.05) is 5.39 Å². The molecule has 3 aromatic rings. The average Bonchev–Trinajstić information content (AvgIpc) is 2.90. The normalized spacial score (nSPS) is 11.7. The smallest absolute Gasteiger partial charge is 0.416 e. The molecule has 2 aromatic carbocycles. The number of carbonyl (C=O) groups is 1. The van der Waals surface area contributed by atoms with Crippen LogP contribution in [0.3, 0.4) is 0 Å². The van der Waals surface area contributed by atoms with Crippen molar-refractivity contribution in [3.05, 3.63) is 59.3 Å². The molecule has 0 spiro atoms. The molecule has 0 saturated carbocycles. The monoisotopic (exact) mass is 334 g/mol. The van der Waals surface area contributed by atoms with Gasteiger partial charge in [0.1, 0.15) is 0 Å². The van der Waals surface area contributed by atoms with E-state index in [1.54, 1.807) is 31.2 Å². The van der Waals surface area contributed by atoms with Crippen LogP contribution in [0.15, 0.2) is 42.5 Å². The fourth-order valence-corrected chi connectivity index (χ4v) is 2.52. The number of carbonyl (C=O) groups excluding carboxylic acids is 1. The first-order valence-electron chi connectivity index (χ1n) is 7.06. The van der Waals surface area contributed by atoms with Gasteiger partial charge in [-0.2, -0.15) is 18.3 Å². The summed E-state index contributed by atoms with van der Waals surface area (Å²) in [5, 5.41) is 4.98. The van der Waals surface area contributed by atoms with Crippen molar-refractivity contribution in [1.82, 2.24) is 9.78 Å². The fraction of sp³-hybridized carbons (Fsp3) is 0.176. The molecular formula is C17H13F3N2O2. The van der Waals surface area contributed by atoms with Crippen molar-refractivity contribution in [2.75, 3.05) is 7.11 Å². The van der Waals surface area contributed by atoms with Crippen LogP contribution in [-0.2, 0) is 10.9 Å². The maximum Gasteiger partial charge on any atom is 0.416 e. The molecule has 1 aromatic heterocycles. The summed E-state index contributed by atoms with van der Waals surface area (Å²) in [6.07, 6.45) is -4.42. The number of alkyl halides is 3. The highest BCUT2D eigenvalue weighted by atomic mass is 19.4. The third kappa shape index (κ3) is 2.73. The van der Waals surface area contributed by atoms with Gasteiger partial charge in [-0.15, -0.1) is 0 Å². The molecule has 0 atom stereocenters. The zero-order valence-electron chi connectivity index (χ0n) is 12.9. The van der Waals surface area contributed by atoms with Gasteiger partial charge in [-0.25, -0.2) is 9.48 Å². The van der Waals surface area contributed by atoms with Crippen LogP contribution in [0.1, 0.15) is 21.6 Å². The lowest BCUT2D eigenvalue weighted by atomic mass is 10.1. The van der Waals surface area contributed by atoms with Crippen molar-refractivity contribution in [2.45, 2.75) is 13.1 Å². The van der Waals surface area contributed by atoms with Gasteiger partial charge in [-0.05, 0) is 43.3 Å². The Morgan fingerprint density at radius 3 is 2.58 bits per heavy atom. The van der Waals surface area contributed by atoms with Gasteiger partial charge in [0.25, 0.3) is 0 Å². The number of aromatic nitrogens is 2. The van der Waals surface area contributed by atoms with Gasteiger partial charge in [-0.3, -0.25) is 0 Å². The Morgan fingerprint density at radius 1 is 1.17 bits per heavy atom. The summed E-state index contributed by atoms with van der Waals surface area (Å²) in [5.41, 5.74) is 1.13. The number of hydrogen-bond donors (Lipinski definition) is 0. The van der Waals surface area contributed by atoms with Crippen LogP contribution < -0.4 is 0 Å². The van der Waals surface area contributed by atoms with E-state index in [4.69, 9.17) is 0 Å². The van der Waals surface area contributed by atoms with Crippen molar-refractivity contribution in [3.63, 3.8) is 0 Å². The summed E-state index contributed by atoms with van der Waals surface area (Å²) in [7, 11) is 1.28. The Hall–Kier alpha value is -2.83. The minimum absolute atomic E-state index is 0.300.